The first-order valence-electron chi connectivity index (χ1n) is 9.00. The van der Waals surface area contributed by atoms with Crippen molar-refractivity contribution in [2.75, 3.05) is 24.1 Å². The molecule has 0 saturated heterocycles. The molecule has 28 heavy (non-hydrogen) atoms. The van der Waals surface area contributed by atoms with Gasteiger partial charge in [0.15, 0.2) is 11.5 Å². The van der Waals surface area contributed by atoms with Gasteiger partial charge in [0.2, 0.25) is 0 Å². The van der Waals surface area contributed by atoms with Gasteiger partial charge in [0.1, 0.15) is 13.2 Å². The number of hydrogen-bond donors (Lipinski definition) is 0. The molecule has 5 rings (SSSR count). The van der Waals surface area contributed by atoms with Gasteiger partial charge in [-0.1, -0.05) is 6.07 Å². The molecule has 144 valence electrons. The van der Waals surface area contributed by atoms with Gasteiger partial charge in [-0.15, -0.1) is 11.3 Å². The van der Waals surface area contributed by atoms with Crippen molar-refractivity contribution in [3.05, 3.63) is 52.3 Å². The summed E-state index contributed by atoms with van der Waals surface area (Å²) in [6.07, 6.45) is 0.677. The Kier molecular flexibility index (Phi) is 4.06. The summed E-state index contributed by atoms with van der Waals surface area (Å²) in [7, 11) is -3.67. The Bertz CT molecular complexity index is 1170. The van der Waals surface area contributed by atoms with Gasteiger partial charge in [0.05, 0.1) is 21.3 Å². The van der Waals surface area contributed by atoms with Crippen LogP contribution in [0.3, 0.4) is 0 Å². The molecule has 2 aliphatic heterocycles. The van der Waals surface area contributed by atoms with Crippen LogP contribution in [0.15, 0.2) is 46.7 Å². The van der Waals surface area contributed by atoms with E-state index in [1.165, 1.54) is 4.31 Å². The highest BCUT2D eigenvalue weighted by atomic mass is 32.2. The van der Waals surface area contributed by atoms with Gasteiger partial charge in [0, 0.05) is 23.6 Å². The van der Waals surface area contributed by atoms with Crippen molar-refractivity contribution >= 4 is 27.0 Å². The predicted molar refractivity (Wildman–Crippen MR) is 108 cm³/mol. The molecule has 0 saturated carbocycles. The lowest BCUT2D eigenvalue weighted by molar-refractivity contribution is 0.171. The SMILES string of the molecule is Cc1nc(-c2ccc3c(c2)CCN3S(=O)(=O)c2ccc3c(c2)OCCO3)cs1. The summed E-state index contributed by atoms with van der Waals surface area (Å²) in [6.45, 7) is 3.29. The molecule has 0 aliphatic carbocycles. The fraction of sp³-hybridized carbons (Fsp3) is 0.250. The highest BCUT2D eigenvalue weighted by molar-refractivity contribution is 7.92. The lowest BCUT2D eigenvalue weighted by Crippen LogP contribution is -2.29. The van der Waals surface area contributed by atoms with Crippen LogP contribution in [0.1, 0.15) is 10.6 Å². The minimum atomic E-state index is -3.67. The molecule has 2 aliphatic rings. The van der Waals surface area contributed by atoms with E-state index in [0.29, 0.717) is 37.7 Å². The van der Waals surface area contributed by atoms with E-state index in [4.69, 9.17) is 9.47 Å². The second-order valence-corrected chi connectivity index (χ2v) is 9.65. The Morgan fingerprint density at radius 2 is 1.89 bits per heavy atom. The first kappa shape index (κ1) is 17.5. The van der Waals surface area contributed by atoms with Crippen LogP contribution < -0.4 is 13.8 Å². The van der Waals surface area contributed by atoms with Crippen LogP contribution in [0.5, 0.6) is 11.5 Å². The maximum absolute atomic E-state index is 13.3. The zero-order valence-corrected chi connectivity index (χ0v) is 16.8. The molecule has 0 unspecified atom stereocenters. The Morgan fingerprint density at radius 1 is 1.07 bits per heavy atom. The fourth-order valence-electron chi connectivity index (χ4n) is 3.59. The number of aromatic nitrogens is 1. The van der Waals surface area contributed by atoms with E-state index >= 15 is 0 Å². The van der Waals surface area contributed by atoms with E-state index in [9.17, 15) is 8.42 Å². The number of benzene rings is 2. The van der Waals surface area contributed by atoms with Crippen molar-refractivity contribution in [3.63, 3.8) is 0 Å². The monoisotopic (exact) mass is 414 g/mol. The van der Waals surface area contributed by atoms with E-state index in [2.05, 4.69) is 4.98 Å². The number of hydrogen-bond acceptors (Lipinski definition) is 6. The van der Waals surface area contributed by atoms with Gasteiger partial charge in [-0.2, -0.15) is 0 Å². The molecule has 3 aromatic rings. The Morgan fingerprint density at radius 3 is 2.68 bits per heavy atom. The highest BCUT2D eigenvalue weighted by Gasteiger charge is 2.32. The number of aryl methyl sites for hydroxylation is 1. The Balaban J connectivity index is 1.50. The average Bonchev–Trinajstić information content (AvgIpc) is 3.33. The van der Waals surface area contributed by atoms with Gasteiger partial charge >= 0.3 is 0 Å². The lowest BCUT2D eigenvalue weighted by Gasteiger charge is -2.22. The van der Waals surface area contributed by atoms with E-state index < -0.39 is 10.0 Å². The predicted octanol–water partition coefficient (Wildman–Crippen LogP) is 3.64. The van der Waals surface area contributed by atoms with Crippen LogP contribution in [0.4, 0.5) is 5.69 Å². The Labute approximate surface area is 167 Å². The van der Waals surface area contributed by atoms with Gasteiger partial charge in [-0.3, -0.25) is 4.31 Å². The van der Waals surface area contributed by atoms with Gasteiger partial charge < -0.3 is 9.47 Å². The van der Waals surface area contributed by atoms with Crippen molar-refractivity contribution in [3.8, 4) is 22.8 Å². The zero-order chi connectivity index (χ0) is 19.3. The molecule has 1 aromatic heterocycles. The van der Waals surface area contributed by atoms with Crippen molar-refractivity contribution < 1.29 is 17.9 Å². The lowest BCUT2D eigenvalue weighted by atomic mass is 10.1. The maximum Gasteiger partial charge on any atom is 0.264 e. The third-order valence-corrected chi connectivity index (χ3v) is 7.53. The van der Waals surface area contributed by atoms with E-state index in [0.717, 1.165) is 27.5 Å². The van der Waals surface area contributed by atoms with Gasteiger partial charge in [0.25, 0.3) is 10.0 Å². The molecular weight excluding hydrogens is 396 g/mol. The summed E-state index contributed by atoms with van der Waals surface area (Å²) in [5, 5.41) is 3.04. The molecule has 0 spiro atoms. The van der Waals surface area contributed by atoms with Crippen molar-refractivity contribution in [1.29, 1.82) is 0 Å². The molecule has 0 N–H and O–H groups in total. The summed E-state index contributed by atoms with van der Waals surface area (Å²) in [5.41, 5.74) is 3.69. The van der Waals surface area contributed by atoms with Crippen molar-refractivity contribution in [2.45, 2.75) is 18.2 Å². The third kappa shape index (κ3) is 2.84. The molecule has 0 atom stereocenters. The summed E-state index contributed by atoms with van der Waals surface area (Å²) >= 11 is 1.61. The first-order chi connectivity index (χ1) is 13.5. The molecule has 2 aromatic carbocycles. The minimum absolute atomic E-state index is 0.212. The third-order valence-electron chi connectivity index (χ3n) is 4.95. The summed E-state index contributed by atoms with van der Waals surface area (Å²) in [5.74, 6) is 1.05. The summed E-state index contributed by atoms with van der Waals surface area (Å²) in [4.78, 5) is 4.74. The number of rotatable bonds is 3. The number of thiazole rings is 1. The maximum atomic E-state index is 13.3. The first-order valence-corrected chi connectivity index (χ1v) is 11.3. The van der Waals surface area contributed by atoms with Crippen LogP contribution in [-0.4, -0.2) is 33.2 Å². The molecule has 8 heteroatoms. The fourth-order valence-corrected chi connectivity index (χ4v) is 5.73. The summed E-state index contributed by atoms with van der Waals surface area (Å²) < 4.78 is 39.0. The number of anilines is 1. The molecule has 6 nitrogen and oxygen atoms in total. The second kappa shape index (κ2) is 6.49. The topological polar surface area (TPSA) is 68.7 Å². The number of sulfonamides is 1. The van der Waals surface area contributed by atoms with Gasteiger partial charge in [-0.05, 0) is 43.2 Å². The van der Waals surface area contributed by atoms with E-state index in [1.54, 1.807) is 29.5 Å². The van der Waals surface area contributed by atoms with Crippen LogP contribution in [0.2, 0.25) is 0 Å². The zero-order valence-electron chi connectivity index (χ0n) is 15.2. The van der Waals surface area contributed by atoms with E-state index in [1.807, 2.05) is 30.5 Å². The highest BCUT2D eigenvalue weighted by Crippen LogP contribution is 2.38. The largest absolute Gasteiger partial charge is 0.486 e. The second-order valence-electron chi connectivity index (χ2n) is 6.73. The smallest absolute Gasteiger partial charge is 0.264 e. The Hall–Kier alpha value is -2.58. The summed E-state index contributed by atoms with van der Waals surface area (Å²) in [6, 6.07) is 10.6. The molecule has 3 heterocycles. The van der Waals surface area contributed by atoms with Crippen molar-refractivity contribution in [2.24, 2.45) is 0 Å². The molecule has 0 amide bonds. The van der Waals surface area contributed by atoms with Crippen molar-refractivity contribution in [1.82, 2.24) is 4.98 Å². The quantitative estimate of drug-likeness (QED) is 0.655. The van der Waals surface area contributed by atoms with E-state index in [-0.39, 0.29) is 4.90 Å². The average molecular weight is 415 g/mol. The van der Waals surface area contributed by atoms with Crippen LogP contribution >= 0.6 is 11.3 Å². The minimum Gasteiger partial charge on any atom is -0.486 e. The number of fused-ring (bicyclic) bond motifs is 2. The van der Waals surface area contributed by atoms with Crippen LogP contribution in [0.25, 0.3) is 11.3 Å². The van der Waals surface area contributed by atoms with Gasteiger partial charge in [-0.25, -0.2) is 13.4 Å². The standard InChI is InChI=1S/C20H18N2O4S2/c1-13-21-17(12-27-13)14-2-4-18-15(10-14)6-7-22(18)28(23,24)16-3-5-19-20(11-16)26-9-8-25-19/h2-5,10-12H,6-9H2,1H3. The number of ether oxygens (including phenoxy) is 2. The van der Waals surface area contributed by atoms with Crippen LogP contribution in [-0.2, 0) is 16.4 Å². The van der Waals surface area contributed by atoms with Crippen LogP contribution in [0, 0.1) is 6.92 Å². The molecular formula is C20H18N2O4S2. The molecule has 0 bridgehead atoms. The molecule has 0 fully saturated rings. The molecule has 0 radical (unpaired) electrons. The number of nitrogens with zero attached hydrogens (tertiary/aromatic N) is 2. The normalized spacial score (nSPS) is 15.5.